The van der Waals surface area contributed by atoms with Gasteiger partial charge in [-0.2, -0.15) is 0 Å². The van der Waals surface area contributed by atoms with Gasteiger partial charge in [-0.1, -0.05) is 18.2 Å². The van der Waals surface area contributed by atoms with Gasteiger partial charge in [0.1, 0.15) is 6.04 Å². The zero-order chi connectivity index (χ0) is 11.5. The summed E-state index contributed by atoms with van der Waals surface area (Å²) in [5, 5.41) is 0. The van der Waals surface area contributed by atoms with E-state index in [1.54, 1.807) is 0 Å². The predicted octanol–water partition coefficient (Wildman–Crippen LogP) is 1.22. The van der Waals surface area contributed by atoms with Gasteiger partial charge >= 0.3 is 5.97 Å². The molecule has 1 aliphatic rings. The minimum Gasteiger partial charge on any atom is -0.468 e. The van der Waals surface area contributed by atoms with Crippen molar-refractivity contribution in [1.82, 2.24) is 0 Å². The first-order valence-electron chi connectivity index (χ1n) is 5.65. The van der Waals surface area contributed by atoms with Crippen LogP contribution in [0.3, 0.4) is 0 Å². The second-order valence-electron chi connectivity index (χ2n) is 4.29. The molecular formula is C13H17NO2. The Morgan fingerprint density at radius 2 is 2.19 bits per heavy atom. The van der Waals surface area contributed by atoms with Gasteiger partial charge in [0.15, 0.2) is 0 Å². The number of fused-ring (bicyclic) bond motifs is 1. The van der Waals surface area contributed by atoms with E-state index < -0.39 is 6.04 Å². The number of esters is 1. The maximum atomic E-state index is 11.2. The van der Waals surface area contributed by atoms with Gasteiger partial charge in [-0.15, -0.1) is 0 Å². The van der Waals surface area contributed by atoms with Gasteiger partial charge in [-0.05, 0) is 42.4 Å². The molecule has 0 heterocycles. The first kappa shape index (κ1) is 11.1. The SMILES string of the molecule is COC(=O)C(N)Cc1ccc2c(c1)CCC2. The van der Waals surface area contributed by atoms with Gasteiger partial charge in [0.25, 0.3) is 0 Å². The highest BCUT2D eigenvalue weighted by Gasteiger charge is 2.16. The van der Waals surface area contributed by atoms with Crippen molar-refractivity contribution in [2.45, 2.75) is 31.7 Å². The molecule has 1 aromatic rings. The molecule has 0 aliphatic heterocycles. The molecule has 0 bridgehead atoms. The number of nitrogens with two attached hydrogens (primary N) is 1. The lowest BCUT2D eigenvalue weighted by molar-refractivity contribution is -0.142. The van der Waals surface area contributed by atoms with Gasteiger partial charge in [-0.25, -0.2) is 0 Å². The molecule has 0 aromatic heterocycles. The van der Waals surface area contributed by atoms with Crippen LogP contribution in [0.2, 0.25) is 0 Å². The monoisotopic (exact) mass is 219 g/mol. The smallest absolute Gasteiger partial charge is 0.322 e. The number of carbonyl (C=O) groups excluding carboxylic acids is 1. The number of aryl methyl sites for hydroxylation is 2. The highest BCUT2D eigenvalue weighted by atomic mass is 16.5. The van der Waals surface area contributed by atoms with Crippen LogP contribution in [-0.2, 0) is 28.8 Å². The van der Waals surface area contributed by atoms with E-state index in [0.29, 0.717) is 6.42 Å². The molecule has 0 saturated carbocycles. The van der Waals surface area contributed by atoms with E-state index in [2.05, 4.69) is 22.9 Å². The van der Waals surface area contributed by atoms with Crippen LogP contribution in [0.5, 0.6) is 0 Å². The molecular weight excluding hydrogens is 202 g/mol. The van der Waals surface area contributed by atoms with Crippen molar-refractivity contribution >= 4 is 5.97 Å². The summed E-state index contributed by atoms with van der Waals surface area (Å²) in [6, 6.07) is 5.84. The summed E-state index contributed by atoms with van der Waals surface area (Å²) in [5.74, 6) is -0.347. The predicted molar refractivity (Wildman–Crippen MR) is 62.2 cm³/mol. The van der Waals surface area contributed by atoms with Crippen molar-refractivity contribution in [2.24, 2.45) is 5.73 Å². The average Bonchev–Trinajstić information content (AvgIpc) is 2.75. The Labute approximate surface area is 95.6 Å². The Morgan fingerprint density at radius 1 is 1.44 bits per heavy atom. The molecule has 0 saturated heterocycles. The largest absolute Gasteiger partial charge is 0.468 e. The van der Waals surface area contributed by atoms with Gasteiger partial charge in [-0.3, -0.25) is 4.79 Å². The van der Waals surface area contributed by atoms with Gasteiger partial charge in [0.05, 0.1) is 7.11 Å². The summed E-state index contributed by atoms with van der Waals surface area (Å²) < 4.78 is 4.61. The normalized spacial score (nSPS) is 15.6. The molecule has 2 rings (SSSR count). The van der Waals surface area contributed by atoms with Gasteiger partial charge in [0, 0.05) is 0 Å². The maximum Gasteiger partial charge on any atom is 0.322 e. The van der Waals surface area contributed by atoms with E-state index in [9.17, 15) is 4.79 Å². The molecule has 3 nitrogen and oxygen atoms in total. The Balaban J connectivity index is 2.08. The van der Waals surface area contributed by atoms with Crippen LogP contribution in [0.15, 0.2) is 18.2 Å². The maximum absolute atomic E-state index is 11.2. The topological polar surface area (TPSA) is 52.3 Å². The van der Waals surface area contributed by atoms with Crippen LogP contribution >= 0.6 is 0 Å². The number of hydrogen-bond donors (Lipinski definition) is 1. The lowest BCUT2D eigenvalue weighted by atomic mass is 10.0. The molecule has 2 N–H and O–H groups in total. The number of methoxy groups -OCH3 is 1. The lowest BCUT2D eigenvalue weighted by Gasteiger charge is -2.10. The van der Waals surface area contributed by atoms with E-state index >= 15 is 0 Å². The standard InChI is InChI=1S/C13H17NO2/c1-16-13(15)12(14)8-9-5-6-10-3-2-4-11(10)7-9/h5-7,12H,2-4,8,14H2,1H3. The minimum absolute atomic E-state index is 0.347. The number of carbonyl (C=O) groups is 1. The molecule has 0 amide bonds. The zero-order valence-corrected chi connectivity index (χ0v) is 9.53. The van der Waals surface area contributed by atoms with Crippen LogP contribution in [0.4, 0.5) is 0 Å². The third-order valence-electron chi connectivity index (χ3n) is 3.12. The molecule has 1 aliphatic carbocycles. The van der Waals surface area contributed by atoms with Gasteiger partial charge in [0.2, 0.25) is 0 Å². The lowest BCUT2D eigenvalue weighted by Crippen LogP contribution is -2.33. The van der Waals surface area contributed by atoms with Gasteiger partial charge < -0.3 is 10.5 Å². The Hall–Kier alpha value is -1.35. The van der Waals surface area contributed by atoms with Crippen molar-refractivity contribution in [3.8, 4) is 0 Å². The molecule has 0 radical (unpaired) electrons. The summed E-state index contributed by atoms with van der Waals surface area (Å²) >= 11 is 0. The fourth-order valence-corrected chi connectivity index (χ4v) is 2.24. The third-order valence-corrected chi connectivity index (χ3v) is 3.12. The molecule has 16 heavy (non-hydrogen) atoms. The van der Waals surface area contributed by atoms with Crippen molar-refractivity contribution in [1.29, 1.82) is 0 Å². The van der Waals surface area contributed by atoms with Crippen molar-refractivity contribution < 1.29 is 9.53 Å². The number of hydrogen-bond acceptors (Lipinski definition) is 3. The second kappa shape index (κ2) is 4.66. The van der Waals surface area contributed by atoms with E-state index in [4.69, 9.17) is 5.73 Å². The molecule has 1 atom stereocenters. The van der Waals surface area contributed by atoms with E-state index in [0.717, 1.165) is 12.0 Å². The summed E-state index contributed by atoms with van der Waals surface area (Å²) in [6.07, 6.45) is 4.12. The Bertz CT molecular complexity index is 401. The van der Waals surface area contributed by atoms with Crippen molar-refractivity contribution in [3.05, 3.63) is 34.9 Å². The second-order valence-corrected chi connectivity index (χ2v) is 4.29. The van der Waals surface area contributed by atoms with E-state index in [1.165, 1.54) is 31.1 Å². The fourth-order valence-electron chi connectivity index (χ4n) is 2.24. The van der Waals surface area contributed by atoms with Crippen LogP contribution in [-0.4, -0.2) is 19.1 Å². The zero-order valence-electron chi connectivity index (χ0n) is 9.53. The fraction of sp³-hybridized carbons (Fsp3) is 0.462. The first-order chi connectivity index (χ1) is 7.70. The first-order valence-corrected chi connectivity index (χ1v) is 5.65. The van der Waals surface area contributed by atoms with Crippen LogP contribution in [0.25, 0.3) is 0 Å². The number of benzene rings is 1. The third kappa shape index (κ3) is 2.25. The van der Waals surface area contributed by atoms with E-state index in [-0.39, 0.29) is 5.97 Å². The summed E-state index contributed by atoms with van der Waals surface area (Å²) in [7, 11) is 1.37. The molecule has 0 spiro atoms. The van der Waals surface area contributed by atoms with Crippen molar-refractivity contribution in [2.75, 3.05) is 7.11 Å². The summed E-state index contributed by atoms with van der Waals surface area (Å²) in [4.78, 5) is 11.2. The molecule has 3 heteroatoms. The summed E-state index contributed by atoms with van der Waals surface area (Å²) in [6.45, 7) is 0. The molecule has 86 valence electrons. The number of rotatable bonds is 3. The average molecular weight is 219 g/mol. The summed E-state index contributed by atoms with van der Waals surface area (Å²) in [5.41, 5.74) is 9.71. The highest BCUT2D eigenvalue weighted by molar-refractivity contribution is 5.75. The van der Waals surface area contributed by atoms with Crippen LogP contribution in [0, 0.1) is 0 Å². The highest BCUT2D eigenvalue weighted by Crippen LogP contribution is 2.23. The van der Waals surface area contributed by atoms with E-state index in [1.807, 2.05) is 0 Å². The molecule has 0 fully saturated rings. The minimum atomic E-state index is -0.551. The Kier molecular flexibility index (Phi) is 3.25. The Morgan fingerprint density at radius 3 is 2.94 bits per heavy atom. The van der Waals surface area contributed by atoms with Crippen molar-refractivity contribution in [3.63, 3.8) is 0 Å². The molecule has 1 unspecified atom stereocenters. The number of ether oxygens (including phenoxy) is 1. The van der Waals surface area contributed by atoms with Crippen LogP contribution < -0.4 is 5.73 Å². The quantitative estimate of drug-likeness (QED) is 0.778. The van der Waals surface area contributed by atoms with Crippen LogP contribution in [0.1, 0.15) is 23.1 Å². The molecule has 1 aromatic carbocycles.